The van der Waals surface area contributed by atoms with Gasteiger partial charge in [-0.05, 0) is 24.6 Å². The molecule has 2 rings (SSSR count). The highest BCUT2D eigenvalue weighted by molar-refractivity contribution is 8.15. The number of carbonyl (C=O) groups is 1. The van der Waals surface area contributed by atoms with Gasteiger partial charge in [0.2, 0.25) is 5.12 Å². The molecule has 1 aliphatic heterocycles. The maximum Gasteiger partial charge on any atom is 0.269 e. The monoisotopic (exact) mass is 295 g/mol. The first-order valence-electron chi connectivity index (χ1n) is 6.29. The highest BCUT2D eigenvalue weighted by Crippen LogP contribution is 2.53. The van der Waals surface area contributed by atoms with E-state index in [0.29, 0.717) is 0 Å². The van der Waals surface area contributed by atoms with Crippen molar-refractivity contribution in [3.8, 4) is 0 Å². The third-order valence-corrected chi connectivity index (χ3v) is 4.22. The van der Waals surface area contributed by atoms with E-state index in [1.165, 1.54) is 23.9 Å². The van der Waals surface area contributed by atoms with Gasteiger partial charge in [0.05, 0.1) is 4.92 Å². The van der Waals surface area contributed by atoms with Crippen LogP contribution in [0.3, 0.4) is 0 Å². The largest absolute Gasteiger partial charge is 0.352 e. The van der Waals surface area contributed by atoms with Gasteiger partial charge in [0.25, 0.3) is 5.69 Å². The van der Waals surface area contributed by atoms with Gasteiger partial charge in [-0.15, -0.1) is 0 Å². The molecule has 1 saturated heterocycles. The number of epoxide rings is 1. The molecule has 0 aliphatic carbocycles. The predicted octanol–water partition coefficient (Wildman–Crippen LogP) is 3.48. The molecule has 2 atom stereocenters. The lowest BCUT2D eigenvalue weighted by Gasteiger charge is -2.17. The first-order valence-corrected chi connectivity index (χ1v) is 7.11. The first kappa shape index (κ1) is 15.0. The smallest absolute Gasteiger partial charge is 0.269 e. The van der Waals surface area contributed by atoms with E-state index in [4.69, 9.17) is 4.74 Å². The van der Waals surface area contributed by atoms with Crippen molar-refractivity contribution in [3.05, 3.63) is 39.9 Å². The zero-order valence-corrected chi connectivity index (χ0v) is 12.7. The second-order valence-corrected chi connectivity index (χ2v) is 7.76. The minimum Gasteiger partial charge on any atom is -0.352 e. The fourth-order valence-corrected chi connectivity index (χ4v) is 2.82. The Labute approximate surface area is 121 Å². The van der Waals surface area contributed by atoms with Gasteiger partial charge in [0.1, 0.15) is 6.10 Å². The van der Waals surface area contributed by atoms with Crippen molar-refractivity contribution in [2.45, 2.75) is 44.1 Å². The van der Waals surface area contributed by atoms with Crippen LogP contribution in [-0.4, -0.2) is 20.4 Å². The molecule has 108 valence electrons. The SMILES string of the molecule is CC(C)(C)SC(=O)[C@@]1(C)O[C@H]1c1ccc([N+](=O)[O-])cc1. The number of nitro groups is 1. The molecule has 20 heavy (non-hydrogen) atoms. The third kappa shape index (κ3) is 3.02. The minimum absolute atomic E-state index is 0.00615. The van der Waals surface area contributed by atoms with Gasteiger partial charge in [-0.1, -0.05) is 32.5 Å². The van der Waals surface area contributed by atoms with E-state index in [0.717, 1.165) is 5.56 Å². The molecule has 0 saturated carbocycles. The number of nitrogens with zero attached hydrogens (tertiary/aromatic N) is 1. The lowest BCUT2D eigenvalue weighted by atomic mass is 10.0. The quantitative estimate of drug-likeness (QED) is 0.485. The molecule has 1 aromatic carbocycles. The number of hydrogen-bond donors (Lipinski definition) is 0. The van der Waals surface area contributed by atoms with Gasteiger partial charge in [0, 0.05) is 16.9 Å². The van der Waals surface area contributed by atoms with E-state index < -0.39 is 10.5 Å². The molecule has 6 heteroatoms. The highest BCUT2D eigenvalue weighted by atomic mass is 32.2. The Morgan fingerprint density at radius 2 is 1.90 bits per heavy atom. The molecule has 1 aromatic rings. The molecule has 0 bridgehead atoms. The van der Waals surface area contributed by atoms with E-state index in [1.807, 2.05) is 20.8 Å². The van der Waals surface area contributed by atoms with Gasteiger partial charge in [-0.2, -0.15) is 0 Å². The van der Waals surface area contributed by atoms with Gasteiger partial charge < -0.3 is 4.74 Å². The summed E-state index contributed by atoms with van der Waals surface area (Å²) in [4.78, 5) is 22.4. The van der Waals surface area contributed by atoms with Crippen molar-refractivity contribution in [3.63, 3.8) is 0 Å². The number of thioether (sulfide) groups is 1. The number of ether oxygens (including phenoxy) is 1. The minimum atomic E-state index is -0.825. The van der Waals surface area contributed by atoms with Crippen LogP contribution in [0.25, 0.3) is 0 Å². The molecule has 0 spiro atoms. The summed E-state index contributed by atoms with van der Waals surface area (Å²) in [7, 11) is 0. The van der Waals surface area contributed by atoms with Crippen LogP contribution < -0.4 is 0 Å². The number of nitro benzene ring substituents is 1. The van der Waals surface area contributed by atoms with Gasteiger partial charge in [0.15, 0.2) is 5.60 Å². The molecule has 1 fully saturated rings. The van der Waals surface area contributed by atoms with Crippen LogP contribution in [0.1, 0.15) is 39.4 Å². The summed E-state index contributed by atoms with van der Waals surface area (Å²) in [5.41, 5.74) is 0.00103. The van der Waals surface area contributed by atoms with Crippen LogP contribution in [0.2, 0.25) is 0 Å². The molecule has 5 nitrogen and oxygen atoms in total. The average Bonchev–Trinajstić information content (AvgIpc) is 3.01. The first-order chi connectivity index (χ1) is 9.13. The Bertz CT molecular complexity index is 549. The highest BCUT2D eigenvalue weighted by Gasteiger charge is 2.59. The molecular formula is C14H17NO4S. The topological polar surface area (TPSA) is 72.7 Å². The molecular weight excluding hydrogens is 278 g/mol. The van der Waals surface area contributed by atoms with E-state index >= 15 is 0 Å². The van der Waals surface area contributed by atoms with Crippen LogP contribution >= 0.6 is 11.8 Å². The van der Waals surface area contributed by atoms with Crippen LogP contribution in [0, 0.1) is 10.1 Å². The number of carbonyl (C=O) groups excluding carboxylic acids is 1. The summed E-state index contributed by atoms with van der Waals surface area (Å²) in [6.07, 6.45) is -0.314. The van der Waals surface area contributed by atoms with Crippen molar-refractivity contribution >= 4 is 22.6 Å². The van der Waals surface area contributed by atoms with Crippen LogP contribution in [-0.2, 0) is 9.53 Å². The standard InChI is InChI=1S/C14H17NO4S/c1-13(2,3)20-12(16)14(4)11(19-14)9-5-7-10(8-6-9)15(17)18/h5-8,11H,1-4H3/t11-,14-/m0/s1. The predicted molar refractivity (Wildman–Crippen MR) is 77.7 cm³/mol. The lowest BCUT2D eigenvalue weighted by molar-refractivity contribution is -0.384. The third-order valence-electron chi connectivity index (χ3n) is 3.02. The summed E-state index contributed by atoms with van der Waals surface area (Å²) < 4.78 is 5.40. The molecule has 1 heterocycles. The number of benzene rings is 1. The zero-order valence-electron chi connectivity index (χ0n) is 11.9. The zero-order chi connectivity index (χ0) is 15.1. The van der Waals surface area contributed by atoms with Gasteiger partial charge in [-0.3, -0.25) is 14.9 Å². The molecule has 0 amide bonds. The maximum atomic E-state index is 12.2. The Balaban J connectivity index is 2.10. The van der Waals surface area contributed by atoms with Crippen LogP contribution in [0.4, 0.5) is 5.69 Å². The summed E-state index contributed by atoms with van der Waals surface area (Å²) in [5, 5.41) is 10.6. The van der Waals surface area contributed by atoms with Crippen LogP contribution in [0.5, 0.6) is 0 Å². The summed E-state index contributed by atoms with van der Waals surface area (Å²) >= 11 is 1.26. The van der Waals surface area contributed by atoms with E-state index in [9.17, 15) is 14.9 Å². The Morgan fingerprint density at radius 3 is 2.35 bits per heavy atom. The second kappa shape index (κ2) is 4.86. The fourth-order valence-electron chi connectivity index (χ4n) is 1.90. The molecule has 0 N–H and O–H groups in total. The summed E-state index contributed by atoms with van der Waals surface area (Å²) in [6, 6.07) is 6.14. The average molecular weight is 295 g/mol. The van der Waals surface area contributed by atoms with Crippen LogP contribution in [0.15, 0.2) is 24.3 Å². The maximum absolute atomic E-state index is 12.2. The fraction of sp³-hybridized carbons (Fsp3) is 0.500. The van der Waals surface area contributed by atoms with E-state index in [-0.39, 0.29) is 21.7 Å². The van der Waals surface area contributed by atoms with Crippen molar-refractivity contribution in [2.24, 2.45) is 0 Å². The van der Waals surface area contributed by atoms with Crippen molar-refractivity contribution < 1.29 is 14.5 Å². The summed E-state index contributed by atoms with van der Waals surface area (Å²) in [5.74, 6) is 0. The van der Waals surface area contributed by atoms with Crippen molar-refractivity contribution in [1.29, 1.82) is 0 Å². The molecule has 1 aliphatic rings. The molecule has 0 unspecified atom stereocenters. The number of non-ortho nitro benzene ring substituents is 1. The Kier molecular flexibility index (Phi) is 3.64. The molecule has 0 aromatic heterocycles. The Morgan fingerprint density at radius 1 is 1.35 bits per heavy atom. The van der Waals surface area contributed by atoms with Gasteiger partial charge >= 0.3 is 0 Å². The lowest BCUT2D eigenvalue weighted by Crippen LogP contribution is -2.23. The number of hydrogen-bond acceptors (Lipinski definition) is 5. The number of rotatable bonds is 3. The summed E-state index contributed by atoms with van der Waals surface area (Å²) in [6.45, 7) is 7.69. The van der Waals surface area contributed by atoms with E-state index in [2.05, 4.69) is 0 Å². The normalized spacial score (nSPS) is 25.3. The van der Waals surface area contributed by atoms with Crippen molar-refractivity contribution in [1.82, 2.24) is 0 Å². The molecule has 0 radical (unpaired) electrons. The van der Waals surface area contributed by atoms with E-state index in [1.54, 1.807) is 19.1 Å². The second-order valence-electron chi connectivity index (χ2n) is 5.96. The van der Waals surface area contributed by atoms with Crippen molar-refractivity contribution in [2.75, 3.05) is 0 Å². The Hall–Kier alpha value is -1.40. The van der Waals surface area contributed by atoms with Gasteiger partial charge in [-0.25, -0.2) is 0 Å².